The zero-order chi connectivity index (χ0) is 19.3. The predicted octanol–water partition coefficient (Wildman–Crippen LogP) is 1.39. The number of amides is 4. The summed E-state index contributed by atoms with van der Waals surface area (Å²) in [6.45, 7) is 0. The standard InChI is InChI=1S/C15H17N3O6S2/c1-24-13(19)12-11(8-9-25-12)16-14(20)17-15(21)18(26(2,22)23)10-6-4-3-5-7-10/h3-7H,8-9H2,1-2H3,(H2,16,17,20,21). The molecule has 0 radical (unpaired) electrons. The highest BCUT2D eigenvalue weighted by atomic mass is 32.2. The summed E-state index contributed by atoms with van der Waals surface area (Å²) in [7, 11) is -2.75. The Morgan fingerprint density at radius 1 is 1.19 bits per heavy atom. The third-order valence-corrected chi connectivity index (χ3v) is 5.38. The number of para-hydroxylation sites is 1. The second kappa shape index (κ2) is 8.23. The average Bonchev–Trinajstić information content (AvgIpc) is 3.01. The van der Waals surface area contributed by atoms with E-state index < -0.39 is 28.1 Å². The van der Waals surface area contributed by atoms with Crippen LogP contribution >= 0.6 is 11.8 Å². The van der Waals surface area contributed by atoms with Crippen molar-refractivity contribution in [2.45, 2.75) is 6.42 Å². The van der Waals surface area contributed by atoms with Gasteiger partial charge in [-0.25, -0.2) is 22.8 Å². The lowest BCUT2D eigenvalue weighted by Gasteiger charge is -2.20. The maximum absolute atomic E-state index is 12.3. The summed E-state index contributed by atoms with van der Waals surface area (Å²) in [4.78, 5) is 36.3. The van der Waals surface area contributed by atoms with E-state index in [1.807, 2.05) is 5.32 Å². The van der Waals surface area contributed by atoms with E-state index >= 15 is 0 Å². The van der Waals surface area contributed by atoms with Gasteiger partial charge in [0.15, 0.2) is 0 Å². The molecule has 4 amide bonds. The van der Waals surface area contributed by atoms with Gasteiger partial charge in [0.2, 0.25) is 10.0 Å². The number of sulfonamides is 1. The zero-order valence-corrected chi connectivity index (χ0v) is 15.6. The van der Waals surface area contributed by atoms with E-state index in [2.05, 4.69) is 10.1 Å². The predicted molar refractivity (Wildman–Crippen MR) is 96.9 cm³/mol. The minimum Gasteiger partial charge on any atom is -0.465 e. The molecule has 1 aromatic rings. The Morgan fingerprint density at radius 3 is 2.42 bits per heavy atom. The molecule has 2 rings (SSSR count). The maximum Gasteiger partial charge on any atom is 0.346 e. The van der Waals surface area contributed by atoms with Crippen molar-refractivity contribution < 1.29 is 27.5 Å². The van der Waals surface area contributed by atoms with E-state index in [1.54, 1.807) is 18.2 Å². The maximum atomic E-state index is 12.3. The molecule has 140 valence electrons. The molecule has 0 aromatic heterocycles. The Balaban J connectivity index is 2.14. The third-order valence-electron chi connectivity index (χ3n) is 3.24. The van der Waals surface area contributed by atoms with Crippen LogP contribution in [0.4, 0.5) is 15.3 Å². The lowest BCUT2D eigenvalue weighted by molar-refractivity contribution is -0.135. The Kier molecular flexibility index (Phi) is 6.27. The first kappa shape index (κ1) is 19.8. The number of urea groups is 2. The normalized spacial score (nSPS) is 13.9. The molecular formula is C15H17N3O6S2. The number of nitrogens with one attached hydrogen (secondary N) is 2. The number of methoxy groups -OCH3 is 1. The van der Waals surface area contributed by atoms with Gasteiger partial charge in [0.05, 0.1) is 19.1 Å². The van der Waals surface area contributed by atoms with E-state index in [0.717, 1.165) is 6.26 Å². The fraction of sp³-hybridized carbons (Fsp3) is 0.267. The minimum absolute atomic E-state index is 0.0891. The Labute approximate surface area is 154 Å². The number of ether oxygens (including phenoxy) is 1. The first-order valence-corrected chi connectivity index (χ1v) is 10.2. The smallest absolute Gasteiger partial charge is 0.346 e. The lowest BCUT2D eigenvalue weighted by Crippen LogP contribution is -2.49. The number of benzene rings is 1. The number of hydrogen-bond donors (Lipinski definition) is 2. The summed E-state index contributed by atoms with van der Waals surface area (Å²) in [5.74, 6) is -0.0100. The summed E-state index contributed by atoms with van der Waals surface area (Å²) in [6, 6.07) is 5.54. The van der Waals surface area contributed by atoms with Crippen molar-refractivity contribution in [2.24, 2.45) is 0 Å². The van der Waals surface area contributed by atoms with Gasteiger partial charge in [0, 0.05) is 11.4 Å². The Morgan fingerprint density at radius 2 is 1.85 bits per heavy atom. The van der Waals surface area contributed by atoms with Gasteiger partial charge in [0.25, 0.3) is 0 Å². The van der Waals surface area contributed by atoms with E-state index in [0.29, 0.717) is 22.2 Å². The number of carbonyl (C=O) groups is 3. The zero-order valence-electron chi connectivity index (χ0n) is 14.0. The van der Waals surface area contributed by atoms with Crippen LogP contribution < -0.4 is 14.9 Å². The van der Waals surface area contributed by atoms with Crippen molar-refractivity contribution in [2.75, 3.05) is 23.4 Å². The van der Waals surface area contributed by atoms with Crippen LogP contribution in [0.1, 0.15) is 6.42 Å². The van der Waals surface area contributed by atoms with Gasteiger partial charge in [-0.2, -0.15) is 4.31 Å². The molecule has 0 atom stereocenters. The van der Waals surface area contributed by atoms with Crippen molar-refractivity contribution >= 4 is 45.5 Å². The number of anilines is 1. The van der Waals surface area contributed by atoms with Crippen LogP contribution in [-0.2, 0) is 19.6 Å². The van der Waals surface area contributed by atoms with Crippen LogP contribution in [0.2, 0.25) is 0 Å². The van der Waals surface area contributed by atoms with Crippen molar-refractivity contribution in [3.05, 3.63) is 40.9 Å². The van der Waals surface area contributed by atoms with Crippen molar-refractivity contribution in [1.82, 2.24) is 10.6 Å². The molecule has 0 aliphatic carbocycles. The van der Waals surface area contributed by atoms with E-state index in [-0.39, 0.29) is 10.6 Å². The van der Waals surface area contributed by atoms with E-state index in [4.69, 9.17) is 0 Å². The molecule has 0 saturated heterocycles. The molecule has 0 unspecified atom stereocenters. The first-order valence-electron chi connectivity index (χ1n) is 7.35. The third kappa shape index (κ3) is 4.76. The summed E-state index contributed by atoms with van der Waals surface area (Å²) in [5, 5.41) is 4.35. The second-order valence-corrected chi connectivity index (χ2v) is 8.08. The van der Waals surface area contributed by atoms with Crippen LogP contribution in [-0.4, -0.2) is 45.6 Å². The number of imide groups is 1. The number of nitrogens with zero attached hydrogens (tertiary/aromatic N) is 1. The lowest BCUT2D eigenvalue weighted by atomic mass is 10.3. The molecule has 1 heterocycles. The molecule has 9 nitrogen and oxygen atoms in total. The molecule has 0 spiro atoms. The van der Waals surface area contributed by atoms with Gasteiger partial charge in [-0.3, -0.25) is 5.32 Å². The number of thioether (sulfide) groups is 1. The summed E-state index contributed by atoms with van der Waals surface area (Å²) in [6.07, 6.45) is 1.26. The van der Waals surface area contributed by atoms with Crippen LogP contribution in [0, 0.1) is 0 Å². The SMILES string of the molecule is COC(=O)C1=C(NC(=O)NC(=O)N(c2ccccc2)S(C)(=O)=O)CCS1. The largest absolute Gasteiger partial charge is 0.465 e. The van der Waals surface area contributed by atoms with Gasteiger partial charge in [-0.15, -0.1) is 11.8 Å². The number of hydrogen-bond acceptors (Lipinski definition) is 7. The monoisotopic (exact) mass is 399 g/mol. The fourth-order valence-corrected chi connectivity index (χ4v) is 4.08. The van der Waals surface area contributed by atoms with Crippen LogP contribution in [0.25, 0.3) is 0 Å². The topological polar surface area (TPSA) is 122 Å². The van der Waals surface area contributed by atoms with Gasteiger partial charge >= 0.3 is 18.0 Å². The van der Waals surface area contributed by atoms with Gasteiger partial charge in [0.1, 0.15) is 4.91 Å². The highest BCUT2D eigenvalue weighted by Crippen LogP contribution is 2.30. The fourth-order valence-electron chi connectivity index (χ4n) is 2.19. The molecule has 0 fully saturated rings. The van der Waals surface area contributed by atoms with Gasteiger partial charge < -0.3 is 10.1 Å². The minimum atomic E-state index is -3.97. The number of allylic oxidation sites excluding steroid dienone is 1. The van der Waals surface area contributed by atoms with Crippen LogP contribution in [0.15, 0.2) is 40.9 Å². The summed E-state index contributed by atoms with van der Waals surface area (Å²) >= 11 is 1.22. The van der Waals surface area contributed by atoms with Crippen LogP contribution in [0.5, 0.6) is 0 Å². The van der Waals surface area contributed by atoms with Crippen molar-refractivity contribution in [3.8, 4) is 0 Å². The molecule has 1 aliphatic heterocycles. The molecule has 11 heteroatoms. The highest BCUT2D eigenvalue weighted by molar-refractivity contribution is 8.04. The molecule has 1 aliphatic rings. The number of carbonyl (C=O) groups excluding carboxylic acids is 3. The highest BCUT2D eigenvalue weighted by Gasteiger charge is 2.28. The number of rotatable bonds is 4. The van der Waals surface area contributed by atoms with Crippen molar-refractivity contribution in [1.29, 1.82) is 0 Å². The second-order valence-electron chi connectivity index (χ2n) is 5.14. The summed E-state index contributed by atoms with van der Waals surface area (Å²) in [5.41, 5.74) is 0.406. The number of esters is 1. The molecule has 0 saturated carbocycles. The molecule has 0 bridgehead atoms. The Bertz CT molecular complexity index is 851. The molecule has 1 aromatic carbocycles. The Hall–Kier alpha value is -2.53. The quantitative estimate of drug-likeness (QED) is 0.734. The van der Waals surface area contributed by atoms with Crippen LogP contribution in [0.3, 0.4) is 0 Å². The van der Waals surface area contributed by atoms with E-state index in [9.17, 15) is 22.8 Å². The van der Waals surface area contributed by atoms with Gasteiger partial charge in [-0.1, -0.05) is 18.2 Å². The van der Waals surface area contributed by atoms with Crippen molar-refractivity contribution in [3.63, 3.8) is 0 Å². The molecule has 26 heavy (non-hydrogen) atoms. The summed E-state index contributed by atoms with van der Waals surface area (Å²) < 4.78 is 29.0. The van der Waals surface area contributed by atoms with E-state index in [1.165, 1.54) is 31.0 Å². The van der Waals surface area contributed by atoms with Gasteiger partial charge in [-0.05, 0) is 18.6 Å². The average molecular weight is 399 g/mol. The molecule has 2 N–H and O–H groups in total. The first-order chi connectivity index (χ1) is 12.2. The molecular weight excluding hydrogens is 382 g/mol.